The van der Waals surface area contributed by atoms with Crippen LogP contribution in [0.2, 0.25) is 0 Å². The van der Waals surface area contributed by atoms with E-state index in [0.29, 0.717) is 25.9 Å². The summed E-state index contributed by atoms with van der Waals surface area (Å²) in [7, 11) is 0. The Morgan fingerprint density at radius 2 is 1.83 bits per heavy atom. The van der Waals surface area contributed by atoms with Crippen molar-refractivity contribution in [1.82, 2.24) is 4.90 Å². The number of anilines is 3. The van der Waals surface area contributed by atoms with Gasteiger partial charge in [-0.1, -0.05) is 18.2 Å². The first-order valence-corrected chi connectivity index (χ1v) is 9.93. The largest absolute Gasteiger partial charge is 0.326 e. The Hall–Kier alpha value is -3.35. The molecule has 2 aromatic carbocycles. The average Bonchev–Trinajstić information content (AvgIpc) is 2.74. The van der Waals surface area contributed by atoms with Crippen molar-refractivity contribution >= 4 is 34.9 Å². The Bertz CT molecular complexity index is 929. The number of hydrogen-bond donors (Lipinski definition) is 3. The zero-order valence-corrected chi connectivity index (χ0v) is 16.1. The van der Waals surface area contributed by atoms with E-state index in [9.17, 15) is 14.4 Å². The normalized spacial score (nSPS) is 18.4. The Morgan fingerprint density at radius 3 is 2.66 bits per heavy atom. The topological polar surface area (TPSA) is 90.5 Å². The highest BCUT2D eigenvalue weighted by Gasteiger charge is 2.28. The average molecular weight is 392 g/mol. The fourth-order valence-corrected chi connectivity index (χ4v) is 3.81. The molecule has 1 saturated heterocycles. The molecule has 0 radical (unpaired) electrons. The molecule has 1 atom stereocenters. The molecular weight excluding hydrogens is 368 g/mol. The summed E-state index contributed by atoms with van der Waals surface area (Å²) in [5.41, 5.74) is 3.29. The van der Waals surface area contributed by atoms with Crippen molar-refractivity contribution in [2.45, 2.75) is 25.7 Å². The summed E-state index contributed by atoms with van der Waals surface area (Å²) < 4.78 is 0. The Balaban J connectivity index is 1.36. The van der Waals surface area contributed by atoms with Gasteiger partial charge in [-0.25, -0.2) is 4.79 Å². The molecule has 2 aliphatic rings. The minimum absolute atomic E-state index is 0.0189. The minimum atomic E-state index is -0.249. The fourth-order valence-electron chi connectivity index (χ4n) is 3.81. The van der Waals surface area contributed by atoms with Gasteiger partial charge in [0.15, 0.2) is 0 Å². The number of hydrogen-bond acceptors (Lipinski definition) is 3. The Morgan fingerprint density at radius 1 is 1.00 bits per heavy atom. The number of aryl methyl sites for hydroxylation is 1. The van der Waals surface area contributed by atoms with Crippen LogP contribution in [-0.2, 0) is 16.0 Å². The molecule has 7 nitrogen and oxygen atoms in total. The second-order valence-electron chi connectivity index (χ2n) is 7.49. The van der Waals surface area contributed by atoms with Crippen molar-refractivity contribution in [3.63, 3.8) is 0 Å². The highest BCUT2D eigenvalue weighted by atomic mass is 16.2. The van der Waals surface area contributed by atoms with Crippen LogP contribution in [0.15, 0.2) is 48.5 Å². The highest BCUT2D eigenvalue weighted by molar-refractivity contribution is 5.96. The standard InChI is InChI=1S/C22H24N4O3/c27-20-11-8-15-13-18(9-10-19(15)25-20)23-21(28)16-5-4-12-26(14-16)22(29)24-17-6-2-1-3-7-17/h1-3,6-7,9-10,13,16H,4-5,8,11-12,14H2,(H,23,28)(H,24,29)(H,25,27). The van der Waals surface area contributed by atoms with Gasteiger partial charge < -0.3 is 20.9 Å². The van der Waals surface area contributed by atoms with Gasteiger partial charge in [0.05, 0.1) is 5.92 Å². The molecule has 0 aliphatic carbocycles. The smallest absolute Gasteiger partial charge is 0.321 e. The SMILES string of the molecule is O=C1CCc2cc(NC(=O)C3CCCN(C(=O)Nc4ccccc4)C3)ccc2N1. The quantitative estimate of drug-likeness (QED) is 0.747. The Kier molecular flexibility index (Phi) is 5.46. The van der Waals surface area contributed by atoms with E-state index in [-0.39, 0.29) is 23.8 Å². The molecule has 0 spiro atoms. The molecule has 1 fully saturated rings. The number of urea groups is 1. The van der Waals surface area contributed by atoms with Crippen LogP contribution in [0.4, 0.5) is 21.9 Å². The van der Waals surface area contributed by atoms with Crippen LogP contribution in [0.5, 0.6) is 0 Å². The van der Waals surface area contributed by atoms with Crippen LogP contribution in [0, 0.1) is 5.92 Å². The lowest BCUT2D eigenvalue weighted by atomic mass is 9.97. The number of likely N-dealkylation sites (tertiary alicyclic amines) is 1. The lowest BCUT2D eigenvalue weighted by Gasteiger charge is -2.32. The second-order valence-corrected chi connectivity index (χ2v) is 7.49. The van der Waals surface area contributed by atoms with Crippen LogP contribution >= 0.6 is 0 Å². The number of rotatable bonds is 3. The van der Waals surface area contributed by atoms with E-state index in [2.05, 4.69) is 16.0 Å². The van der Waals surface area contributed by atoms with Crippen molar-refractivity contribution in [2.75, 3.05) is 29.0 Å². The van der Waals surface area contributed by atoms with Crippen LogP contribution < -0.4 is 16.0 Å². The Labute approximate surface area is 169 Å². The van der Waals surface area contributed by atoms with Crippen LogP contribution in [0.25, 0.3) is 0 Å². The van der Waals surface area contributed by atoms with E-state index in [1.807, 2.05) is 42.5 Å². The lowest BCUT2D eigenvalue weighted by molar-refractivity contribution is -0.121. The number of carbonyl (C=O) groups is 3. The maximum atomic E-state index is 12.8. The first-order chi connectivity index (χ1) is 14.1. The zero-order chi connectivity index (χ0) is 20.2. The van der Waals surface area contributed by atoms with E-state index < -0.39 is 0 Å². The van der Waals surface area contributed by atoms with Gasteiger partial charge in [-0.15, -0.1) is 0 Å². The van der Waals surface area contributed by atoms with Gasteiger partial charge in [-0.05, 0) is 55.2 Å². The molecule has 3 N–H and O–H groups in total. The van der Waals surface area contributed by atoms with Crippen molar-refractivity contribution < 1.29 is 14.4 Å². The second kappa shape index (κ2) is 8.34. The number of piperidine rings is 1. The molecule has 2 heterocycles. The zero-order valence-electron chi connectivity index (χ0n) is 16.1. The van der Waals surface area contributed by atoms with Crippen LogP contribution in [-0.4, -0.2) is 35.8 Å². The summed E-state index contributed by atoms with van der Waals surface area (Å²) in [6.07, 6.45) is 2.67. The molecule has 1 unspecified atom stereocenters. The molecule has 150 valence electrons. The van der Waals surface area contributed by atoms with Crippen molar-refractivity contribution in [3.8, 4) is 0 Å². The third-order valence-corrected chi connectivity index (χ3v) is 5.37. The van der Waals surface area contributed by atoms with E-state index in [1.54, 1.807) is 11.0 Å². The summed E-state index contributed by atoms with van der Waals surface area (Å²) in [6, 6.07) is 14.7. The first kappa shape index (κ1) is 19.0. The molecule has 4 rings (SSSR count). The highest BCUT2D eigenvalue weighted by Crippen LogP contribution is 2.26. The molecule has 29 heavy (non-hydrogen) atoms. The molecule has 7 heteroatoms. The molecule has 0 aromatic heterocycles. The number of fused-ring (bicyclic) bond motifs is 1. The first-order valence-electron chi connectivity index (χ1n) is 9.93. The molecule has 0 saturated carbocycles. The van der Waals surface area contributed by atoms with Crippen molar-refractivity contribution in [3.05, 3.63) is 54.1 Å². The van der Waals surface area contributed by atoms with Crippen LogP contribution in [0.1, 0.15) is 24.8 Å². The molecule has 0 bridgehead atoms. The van der Waals surface area contributed by atoms with E-state index in [4.69, 9.17) is 0 Å². The van der Waals surface area contributed by atoms with Gasteiger partial charge >= 0.3 is 6.03 Å². The lowest BCUT2D eigenvalue weighted by Crippen LogP contribution is -2.45. The summed E-state index contributed by atoms with van der Waals surface area (Å²) in [4.78, 5) is 38.5. The molecule has 2 aromatic rings. The third kappa shape index (κ3) is 4.56. The predicted molar refractivity (Wildman–Crippen MR) is 112 cm³/mol. The number of nitrogens with one attached hydrogen (secondary N) is 3. The summed E-state index contributed by atoms with van der Waals surface area (Å²) in [6.45, 7) is 1.03. The number of benzene rings is 2. The third-order valence-electron chi connectivity index (χ3n) is 5.37. The number of nitrogens with zero attached hydrogens (tertiary/aromatic N) is 1. The van der Waals surface area contributed by atoms with E-state index in [1.165, 1.54) is 0 Å². The number of amides is 4. The van der Waals surface area contributed by atoms with Gasteiger partial charge in [0.1, 0.15) is 0 Å². The van der Waals surface area contributed by atoms with Crippen LogP contribution in [0.3, 0.4) is 0 Å². The van der Waals surface area contributed by atoms with Gasteiger partial charge in [-0.2, -0.15) is 0 Å². The van der Waals surface area contributed by atoms with E-state index in [0.717, 1.165) is 35.5 Å². The summed E-state index contributed by atoms with van der Waals surface area (Å²) in [5, 5.41) is 8.69. The fraction of sp³-hybridized carbons (Fsp3) is 0.318. The molecule has 2 aliphatic heterocycles. The van der Waals surface area contributed by atoms with E-state index >= 15 is 0 Å². The summed E-state index contributed by atoms with van der Waals surface area (Å²) in [5.74, 6) is -0.312. The van der Waals surface area contributed by atoms with Gasteiger partial charge in [0.25, 0.3) is 0 Å². The van der Waals surface area contributed by atoms with Gasteiger partial charge in [-0.3, -0.25) is 9.59 Å². The minimum Gasteiger partial charge on any atom is -0.326 e. The molecule has 4 amide bonds. The van der Waals surface area contributed by atoms with Crippen molar-refractivity contribution in [2.24, 2.45) is 5.92 Å². The maximum absolute atomic E-state index is 12.8. The number of para-hydroxylation sites is 1. The number of carbonyl (C=O) groups excluding carboxylic acids is 3. The van der Waals surface area contributed by atoms with Gasteiger partial charge in [0, 0.05) is 36.6 Å². The monoisotopic (exact) mass is 392 g/mol. The van der Waals surface area contributed by atoms with Crippen molar-refractivity contribution in [1.29, 1.82) is 0 Å². The maximum Gasteiger partial charge on any atom is 0.321 e. The van der Waals surface area contributed by atoms with Gasteiger partial charge in [0.2, 0.25) is 11.8 Å². The molecular formula is C22H24N4O3. The predicted octanol–water partition coefficient (Wildman–Crippen LogP) is 3.45. The summed E-state index contributed by atoms with van der Waals surface area (Å²) >= 11 is 0.